The Kier molecular flexibility index (Phi) is 10.6. The highest BCUT2D eigenvalue weighted by Crippen LogP contribution is 2.46. The second kappa shape index (κ2) is 14.5. The molecule has 9 nitrogen and oxygen atoms in total. The van der Waals surface area contributed by atoms with Crippen molar-refractivity contribution in [2.75, 3.05) is 37.7 Å². The van der Waals surface area contributed by atoms with E-state index in [2.05, 4.69) is 34.9 Å². The van der Waals surface area contributed by atoms with Crippen LogP contribution in [-0.4, -0.2) is 74.8 Å². The summed E-state index contributed by atoms with van der Waals surface area (Å²) in [7, 11) is -4.20. The van der Waals surface area contributed by atoms with Crippen LogP contribution in [0.1, 0.15) is 73.4 Å². The van der Waals surface area contributed by atoms with Crippen LogP contribution in [0.15, 0.2) is 61.7 Å². The van der Waals surface area contributed by atoms with Gasteiger partial charge in [0.25, 0.3) is 5.91 Å². The summed E-state index contributed by atoms with van der Waals surface area (Å²) in [5, 5.41) is 11.4. The molecular weight excluding hydrogens is 650 g/mol. The van der Waals surface area contributed by atoms with Crippen LogP contribution in [0, 0.1) is 11.8 Å². The third-order valence-electron chi connectivity index (χ3n) is 10.8. The molecule has 2 aromatic carbocycles. The lowest BCUT2D eigenvalue weighted by Crippen LogP contribution is -2.50. The van der Waals surface area contributed by atoms with Crippen LogP contribution >= 0.6 is 11.6 Å². The zero-order valence-electron chi connectivity index (χ0n) is 27.8. The highest BCUT2D eigenvalue weighted by Gasteiger charge is 2.44. The van der Waals surface area contributed by atoms with Crippen LogP contribution in [0.3, 0.4) is 0 Å². The van der Waals surface area contributed by atoms with Crippen molar-refractivity contribution < 1.29 is 27.8 Å². The Hall–Kier alpha value is -2.89. The highest BCUT2D eigenvalue weighted by atomic mass is 35.5. The number of nitrogens with zero attached hydrogens (tertiary/aromatic N) is 2. The largest absolute Gasteiger partial charge is 0.490 e. The summed E-state index contributed by atoms with van der Waals surface area (Å²) in [5.41, 5.74) is 3.13. The van der Waals surface area contributed by atoms with E-state index in [1.54, 1.807) is 30.4 Å². The first-order chi connectivity index (χ1) is 23.0. The molecule has 1 amide bonds. The standard InChI is InChI=1S/C37H48ClN3O6S/c1-4-8-25(3)41(22-30-10-7-18-46-30)48(44,45)39-36(43)27-12-16-35-33(20-27)40(21-28-11-14-31(28)34(42)5-2)23-37(24-47-35)17-6-9-26-19-29(38)13-15-32(26)37/h4-5,12-13,15-16,19-20,25,28,30-31,34,42H,1-2,6-11,14,17-18,21-24H2,3H3,(H,39,43)/t25?,28-,30+,31+,34?,37-/m0/s1. The lowest BCUT2D eigenvalue weighted by Gasteiger charge is -2.45. The number of rotatable bonds is 12. The molecule has 6 atom stereocenters. The van der Waals surface area contributed by atoms with Crippen LogP contribution < -0.4 is 14.4 Å². The summed E-state index contributed by atoms with van der Waals surface area (Å²) < 4.78 is 43.4. The second-order valence-electron chi connectivity index (χ2n) is 14.0. The molecule has 48 heavy (non-hydrogen) atoms. The number of fused-ring (bicyclic) bond motifs is 3. The summed E-state index contributed by atoms with van der Waals surface area (Å²) >= 11 is 6.41. The van der Waals surface area contributed by atoms with Gasteiger partial charge in [-0.15, -0.1) is 13.2 Å². The third-order valence-corrected chi connectivity index (χ3v) is 12.7. The molecule has 0 radical (unpaired) electrons. The molecule has 0 bridgehead atoms. The van der Waals surface area contributed by atoms with Gasteiger partial charge in [0.1, 0.15) is 5.75 Å². The first-order valence-corrected chi connectivity index (χ1v) is 19.0. The maximum atomic E-state index is 13.7. The van der Waals surface area contributed by atoms with Crippen LogP contribution in [0.5, 0.6) is 5.75 Å². The number of ether oxygens (including phenoxy) is 2. The Bertz CT molecular complexity index is 1630. The normalized spacial score (nSPS) is 26.4. The second-order valence-corrected chi connectivity index (χ2v) is 16.1. The molecule has 2 unspecified atom stereocenters. The predicted octanol–water partition coefficient (Wildman–Crippen LogP) is 5.81. The number of halogens is 1. The number of anilines is 1. The summed E-state index contributed by atoms with van der Waals surface area (Å²) in [5.74, 6) is 0.269. The maximum Gasteiger partial charge on any atom is 0.304 e. The quantitative estimate of drug-likeness (QED) is 0.270. The van der Waals surface area contributed by atoms with E-state index in [0.717, 1.165) is 55.7 Å². The Morgan fingerprint density at radius 2 is 2.04 bits per heavy atom. The summed E-state index contributed by atoms with van der Waals surface area (Å²) in [6.45, 7) is 11.9. The predicted molar refractivity (Wildman–Crippen MR) is 189 cm³/mol. The average Bonchev–Trinajstić information content (AvgIpc) is 3.52. The minimum Gasteiger partial charge on any atom is -0.490 e. The number of hydrogen-bond donors (Lipinski definition) is 2. The fraction of sp³-hybridized carbons (Fsp3) is 0.541. The van der Waals surface area contributed by atoms with E-state index in [4.69, 9.17) is 21.1 Å². The summed E-state index contributed by atoms with van der Waals surface area (Å²) in [4.78, 5) is 16.0. The van der Waals surface area contributed by atoms with E-state index >= 15 is 0 Å². The first kappa shape index (κ1) is 35.0. The molecule has 1 spiro atoms. The Balaban J connectivity index is 1.31. The monoisotopic (exact) mass is 697 g/mol. The lowest BCUT2D eigenvalue weighted by atomic mass is 9.68. The van der Waals surface area contributed by atoms with Crippen LogP contribution in [0.25, 0.3) is 0 Å². The molecule has 2 N–H and O–H groups in total. The van der Waals surface area contributed by atoms with Gasteiger partial charge in [-0.1, -0.05) is 29.8 Å². The van der Waals surface area contributed by atoms with Gasteiger partial charge in [-0.25, -0.2) is 4.72 Å². The number of carbonyl (C=O) groups excluding carboxylic acids is 1. The van der Waals surface area contributed by atoms with E-state index in [1.807, 2.05) is 13.0 Å². The number of aliphatic hydroxyl groups excluding tert-OH is 1. The molecule has 260 valence electrons. The number of aliphatic hydroxyl groups is 1. The van der Waals surface area contributed by atoms with Gasteiger partial charge < -0.3 is 19.5 Å². The minimum absolute atomic E-state index is 0.104. The first-order valence-electron chi connectivity index (χ1n) is 17.2. The van der Waals surface area contributed by atoms with Gasteiger partial charge in [0.15, 0.2) is 0 Å². The van der Waals surface area contributed by atoms with Crippen molar-refractivity contribution in [2.45, 2.75) is 82.0 Å². The molecule has 2 aliphatic heterocycles. The minimum atomic E-state index is -4.20. The fourth-order valence-electron chi connectivity index (χ4n) is 8.08. The van der Waals surface area contributed by atoms with Crippen molar-refractivity contribution in [1.82, 2.24) is 9.03 Å². The Labute approximate surface area is 290 Å². The number of benzene rings is 2. The summed E-state index contributed by atoms with van der Waals surface area (Å²) in [6, 6.07) is 10.9. The topological polar surface area (TPSA) is 108 Å². The molecule has 2 aliphatic carbocycles. The smallest absolute Gasteiger partial charge is 0.304 e. The van der Waals surface area contributed by atoms with Crippen LogP contribution in [0.4, 0.5) is 5.69 Å². The van der Waals surface area contributed by atoms with Gasteiger partial charge in [0, 0.05) is 48.3 Å². The number of carbonyl (C=O) groups is 1. The van der Waals surface area contributed by atoms with Crippen LogP contribution in [-0.2, 0) is 26.8 Å². The number of nitrogens with one attached hydrogen (secondary N) is 1. The number of amides is 1. The van der Waals surface area contributed by atoms with Crippen molar-refractivity contribution >= 4 is 33.4 Å². The summed E-state index contributed by atoms with van der Waals surface area (Å²) in [6.07, 6.45) is 9.37. The molecule has 1 saturated carbocycles. The number of aryl methyl sites for hydroxylation is 1. The zero-order valence-corrected chi connectivity index (χ0v) is 29.4. The van der Waals surface area contributed by atoms with E-state index in [1.165, 1.54) is 15.4 Å². The van der Waals surface area contributed by atoms with Gasteiger partial charge in [-0.2, -0.15) is 12.7 Å². The molecule has 0 aromatic heterocycles. The SMILES string of the molecule is C=CCC(C)N(C[C@H]1CCCO1)S(=O)(=O)NC(=O)c1ccc2c(c1)N(C[C@@H]1CC[C@H]1C(O)C=C)C[C@@]1(CCCc3cc(Cl)ccc31)CO2. The van der Waals surface area contributed by atoms with Gasteiger partial charge >= 0.3 is 10.2 Å². The highest BCUT2D eigenvalue weighted by molar-refractivity contribution is 7.87. The molecule has 1 saturated heterocycles. The molecule has 2 fully saturated rings. The van der Waals surface area contributed by atoms with Crippen molar-refractivity contribution in [3.8, 4) is 5.75 Å². The Morgan fingerprint density at radius 3 is 2.75 bits per heavy atom. The van der Waals surface area contributed by atoms with Crippen molar-refractivity contribution in [3.63, 3.8) is 0 Å². The third kappa shape index (κ3) is 7.19. The van der Waals surface area contributed by atoms with Gasteiger partial charge in [0.2, 0.25) is 0 Å². The molecule has 6 rings (SSSR count). The molecule has 2 heterocycles. The fourth-order valence-corrected chi connectivity index (χ4v) is 9.67. The van der Waals surface area contributed by atoms with Gasteiger partial charge in [-0.05, 0) is 112 Å². The number of hydrogen-bond acceptors (Lipinski definition) is 7. The zero-order chi connectivity index (χ0) is 34.1. The average molecular weight is 698 g/mol. The lowest BCUT2D eigenvalue weighted by molar-refractivity contribution is 0.0460. The van der Waals surface area contributed by atoms with Crippen molar-refractivity contribution in [3.05, 3.63) is 83.4 Å². The molecule has 2 aromatic rings. The van der Waals surface area contributed by atoms with Crippen LogP contribution in [0.2, 0.25) is 5.02 Å². The van der Waals surface area contributed by atoms with Gasteiger partial charge in [-0.3, -0.25) is 4.79 Å². The van der Waals surface area contributed by atoms with E-state index in [0.29, 0.717) is 38.5 Å². The van der Waals surface area contributed by atoms with Gasteiger partial charge in [0.05, 0.1) is 24.5 Å². The maximum absolute atomic E-state index is 13.7. The van der Waals surface area contributed by atoms with E-state index in [-0.39, 0.29) is 35.5 Å². The van der Waals surface area contributed by atoms with Crippen molar-refractivity contribution in [2.24, 2.45) is 11.8 Å². The molecular formula is C37H48ClN3O6S. The Morgan fingerprint density at radius 1 is 1.21 bits per heavy atom. The molecule has 4 aliphatic rings. The van der Waals surface area contributed by atoms with Crippen molar-refractivity contribution in [1.29, 1.82) is 0 Å². The molecule has 11 heteroatoms. The van der Waals surface area contributed by atoms with E-state index in [9.17, 15) is 18.3 Å². The van der Waals surface area contributed by atoms with E-state index < -0.39 is 28.3 Å².